The zero-order valence-electron chi connectivity index (χ0n) is 10.2. The van der Waals surface area contributed by atoms with E-state index in [1.54, 1.807) is 6.07 Å². The molecule has 0 radical (unpaired) electrons. The molecule has 4 nitrogen and oxygen atoms in total. The van der Waals surface area contributed by atoms with E-state index in [0.717, 1.165) is 5.75 Å². The zero-order chi connectivity index (χ0) is 13.5. The molecule has 98 valence electrons. The van der Waals surface area contributed by atoms with E-state index in [-0.39, 0.29) is 5.91 Å². The van der Waals surface area contributed by atoms with Crippen LogP contribution < -0.4 is 10.1 Å². The molecule has 2 aromatic rings. The molecule has 0 fully saturated rings. The van der Waals surface area contributed by atoms with E-state index in [1.807, 2.05) is 30.3 Å². The predicted octanol–water partition coefficient (Wildman–Crippen LogP) is 2.54. The number of pyridine rings is 1. The average Bonchev–Trinajstić information content (AvgIpc) is 2.44. The van der Waals surface area contributed by atoms with Crippen LogP contribution in [0.15, 0.2) is 48.7 Å². The molecule has 0 aliphatic rings. The lowest BCUT2D eigenvalue weighted by atomic mass is 10.3. The Kier molecular flexibility index (Phi) is 4.75. The summed E-state index contributed by atoms with van der Waals surface area (Å²) in [6, 6.07) is 12.6. The van der Waals surface area contributed by atoms with Crippen molar-refractivity contribution in [2.45, 2.75) is 0 Å². The number of carbonyl (C=O) groups is 1. The Labute approximate surface area is 116 Å². The van der Waals surface area contributed by atoms with Crippen LogP contribution in [0.1, 0.15) is 10.5 Å². The highest BCUT2D eigenvalue weighted by Crippen LogP contribution is 2.08. The first kappa shape index (κ1) is 13.4. The van der Waals surface area contributed by atoms with Gasteiger partial charge in [0.2, 0.25) is 0 Å². The molecule has 5 heteroatoms. The van der Waals surface area contributed by atoms with Crippen molar-refractivity contribution in [3.63, 3.8) is 0 Å². The maximum absolute atomic E-state index is 11.7. The van der Waals surface area contributed by atoms with Crippen LogP contribution in [0, 0.1) is 0 Å². The van der Waals surface area contributed by atoms with E-state index >= 15 is 0 Å². The van der Waals surface area contributed by atoms with Crippen molar-refractivity contribution < 1.29 is 9.53 Å². The quantitative estimate of drug-likeness (QED) is 0.854. The first-order chi connectivity index (χ1) is 9.25. The molecule has 1 amide bonds. The molecular formula is C14H13ClN2O2. The van der Waals surface area contributed by atoms with Crippen molar-refractivity contribution in [2.75, 3.05) is 13.2 Å². The van der Waals surface area contributed by atoms with Gasteiger partial charge in [-0.1, -0.05) is 29.8 Å². The van der Waals surface area contributed by atoms with Gasteiger partial charge in [-0.05, 0) is 24.3 Å². The molecule has 19 heavy (non-hydrogen) atoms. The molecule has 0 unspecified atom stereocenters. The van der Waals surface area contributed by atoms with Gasteiger partial charge in [0.1, 0.15) is 18.1 Å². The normalized spacial score (nSPS) is 9.95. The second-order valence-electron chi connectivity index (χ2n) is 3.78. The number of halogens is 1. The second kappa shape index (κ2) is 6.75. The number of rotatable bonds is 5. The lowest BCUT2D eigenvalue weighted by molar-refractivity contribution is 0.0942. The van der Waals surface area contributed by atoms with Crippen LogP contribution >= 0.6 is 11.6 Å². The van der Waals surface area contributed by atoms with E-state index in [4.69, 9.17) is 16.3 Å². The zero-order valence-corrected chi connectivity index (χ0v) is 10.9. The van der Waals surface area contributed by atoms with Crippen LogP contribution in [0.25, 0.3) is 0 Å². The summed E-state index contributed by atoms with van der Waals surface area (Å²) >= 11 is 5.79. The summed E-state index contributed by atoms with van der Waals surface area (Å²) in [6.07, 6.45) is 1.50. The van der Waals surface area contributed by atoms with Gasteiger partial charge < -0.3 is 10.1 Å². The van der Waals surface area contributed by atoms with Crippen molar-refractivity contribution in [3.05, 3.63) is 59.4 Å². The van der Waals surface area contributed by atoms with E-state index < -0.39 is 0 Å². The van der Waals surface area contributed by atoms with Gasteiger partial charge in [-0.15, -0.1) is 0 Å². The molecule has 0 aliphatic carbocycles. The predicted molar refractivity (Wildman–Crippen MR) is 73.5 cm³/mol. The van der Waals surface area contributed by atoms with Crippen LogP contribution in [0.2, 0.25) is 5.02 Å². The van der Waals surface area contributed by atoms with Crippen molar-refractivity contribution in [1.82, 2.24) is 10.3 Å². The van der Waals surface area contributed by atoms with Gasteiger partial charge in [0.25, 0.3) is 5.91 Å². The van der Waals surface area contributed by atoms with E-state index in [2.05, 4.69) is 10.3 Å². The number of amides is 1. The molecule has 0 saturated carbocycles. The molecule has 0 spiro atoms. The number of ether oxygens (including phenoxy) is 1. The Balaban J connectivity index is 1.75. The molecule has 0 atom stereocenters. The Hall–Kier alpha value is -2.07. The molecule has 1 heterocycles. The number of hydrogen-bond acceptors (Lipinski definition) is 3. The first-order valence-corrected chi connectivity index (χ1v) is 6.21. The largest absolute Gasteiger partial charge is 0.492 e. The van der Waals surface area contributed by atoms with Gasteiger partial charge in [-0.25, -0.2) is 0 Å². The van der Waals surface area contributed by atoms with Crippen molar-refractivity contribution in [2.24, 2.45) is 0 Å². The summed E-state index contributed by atoms with van der Waals surface area (Å²) in [7, 11) is 0. The van der Waals surface area contributed by atoms with Gasteiger partial charge >= 0.3 is 0 Å². The van der Waals surface area contributed by atoms with Gasteiger partial charge in [-0.2, -0.15) is 0 Å². The van der Waals surface area contributed by atoms with E-state index in [1.165, 1.54) is 12.3 Å². The molecule has 0 saturated heterocycles. The summed E-state index contributed by atoms with van der Waals surface area (Å²) in [5, 5.41) is 3.20. The van der Waals surface area contributed by atoms with Gasteiger partial charge in [0.15, 0.2) is 0 Å². The van der Waals surface area contributed by atoms with E-state index in [0.29, 0.717) is 23.9 Å². The van der Waals surface area contributed by atoms with Gasteiger partial charge in [-0.3, -0.25) is 9.78 Å². The fourth-order valence-electron chi connectivity index (χ4n) is 1.47. The topological polar surface area (TPSA) is 51.2 Å². The minimum atomic E-state index is -0.265. The van der Waals surface area contributed by atoms with Crippen LogP contribution in [0.5, 0.6) is 5.75 Å². The summed E-state index contributed by atoms with van der Waals surface area (Å²) < 4.78 is 5.45. The van der Waals surface area contributed by atoms with Crippen molar-refractivity contribution in [3.8, 4) is 5.75 Å². The molecule has 0 aliphatic heterocycles. The number of aromatic nitrogens is 1. The fraction of sp³-hybridized carbons (Fsp3) is 0.143. The lowest BCUT2D eigenvalue weighted by Crippen LogP contribution is -2.28. The first-order valence-electron chi connectivity index (χ1n) is 5.83. The fourth-order valence-corrected chi connectivity index (χ4v) is 1.63. The summed E-state index contributed by atoms with van der Waals surface area (Å²) in [5.74, 6) is 0.511. The SMILES string of the molecule is O=C(NCCOc1ccccc1)c1cc(Cl)ccn1. The van der Waals surface area contributed by atoms with Crippen LogP contribution in [-0.2, 0) is 0 Å². The molecular weight excluding hydrogens is 264 g/mol. The van der Waals surface area contributed by atoms with Crippen LogP contribution in [-0.4, -0.2) is 24.0 Å². The van der Waals surface area contributed by atoms with Crippen LogP contribution in [0.4, 0.5) is 0 Å². The number of nitrogens with zero attached hydrogens (tertiary/aromatic N) is 1. The van der Waals surface area contributed by atoms with Gasteiger partial charge in [0.05, 0.1) is 6.54 Å². The number of benzene rings is 1. The number of carbonyl (C=O) groups excluding carboxylic acids is 1. The number of nitrogens with one attached hydrogen (secondary N) is 1. The summed E-state index contributed by atoms with van der Waals surface area (Å²) in [5.41, 5.74) is 0.298. The van der Waals surface area contributed by atoms with E-state index in [9.17, 15) is 4.79 Å². The molecule has 0 bridgehead atoms. The maximum Gasteiger partial charge on any atom is 0.270 e. The third-order valence-electron chi connectivity index (χ3n) is 2.35. The van der Waals surface area contributed by atoms with Crippen LogP contribution in [0.3, 0.4) is 0 Å². The Morgan fingerprint density at radius 2 is 2.05 bits per heavy atom. The maximum atomic E-state index is 11.7. The standard InChI is InChI=1S/C14H13ClN2O2/c15-11-6-7-16-13(10-11)14(18)17-8-9-19-12-4-2-1-3-5-12/h1-7,10H,8-9H2,(H,17,18). The minimum absolute atomic E-state index is 0.265. The summed E-state index contributed by atoms with van der Waals surface area (Å²) in [4.78, 5) is 15.7. The third kappa shape index (κ3) is 4.26. The Morgan fingerprint density at radius 3 is 2.79 bits per heavy atom. The van der Waals surface area contributed by atoms with Crippen molar-refractivity contribution in [1.29, 1.82) is 0 Å². The molecule has 1 aromatic carbocycles. The average molecular weight is 277 g/mol. The molecule has 2 rings (SSSR count). The Bertz CT molecular complexity index is 546. The lowest BCUT2D eigenvalue weighted by Gasteiger charge is -2.07. The number of hydrogen-bond donors (Lipinski definition) is 1. The minimum Gasteiger partial charge on any atom is -0.492 e. The van der Waals surface area contributed by atoms with Crippen molar-refractivity contribution >= 4 is 17.5 Å². The monoisotopic (exact) mass is 276 g/mol. The third-order valence-corrected chi connectivity index (χ3v) is 2.59. The number of para-hydroxylation sites is 1. The Morgan fingerprint density at radius 1 is 1.26 bits per heavy atom. The molecule has 1 N–H and O–H groups in total. The smallest absolute Gasteiger partial charge is 0.270 e. The highest BCUT2D eigenvalue weighted by atomic mass is 35.5. The highest BCUT2D eigenvalue weighted by Gasteiger charge is 2.06. The highest BCUT2D eigenvalue weighted by molar-refractivity contribution is 6.30. The van der Waals surface area contributed by atoms with Gasteiger partial charge in [0, 0.05) is 11.2 Å². The summed E-state index contributed by atoms with van der Waals surface area (Å²) in [6.45, 7) is 0.804. The second-order valence-corrected chi connectivity index (χ2v) is 4.21. The molecule has 1 aromatic heterocycles.